The molecule has 0 saturated carbocycles. The SMILES string of the molecule is CNC(CSCCC(C)C)C(C)(C)C. The Bertz CT molecular complexity index is 138. The van der Waals surface area contributed by atoms with E-state index in [1.807, 2.05) is 0 Å². The molecule has 0 bridgehead atoms. The van der Waals surface area contributed by atoms with Crippen LogP contribution < -0.4 is 5.32 Å². The molecule has 0 aromatic carbocycles. The van der Waals surface area contributed by atoms with Crippen LogP contribution in [0.2, 0.25) is 0 Å². The molecule has 0 aromatic heterocycles. The largest absolute Gasteiger partial charge is 0.316 e. The first-order valence-corrected chi connectivity index (χ1v) is 6.78. The van der Waals surface area contributed by atoms with Crippen molar-refractivity contribution in [2.45, 2.75) is 47.1 Å². The van der Waals surface area contributed by atoms with E-state index in [1.165, 1.54) is 17.9 Å². The fraction of sp³-hybridized carbons (Fsp3) is 1.00. The summed E-state index contributed by atoms with van der Waals surface area (Å²) in [5.41, 5.74) is 0.375. The van der Waals surface area contributed by atoms with Crippen molar-refractivity contribution in [1.82, 2.24) is 5.32 Å². The van der Waals surface area contributed by atoms with Gasteiger partial charge in [0.2, 0.25) is 0 Å². The lowest BCUT2D eigenvalue weighted by Gasteiger charge is -2.30. The molecule has 14 heavy (non-hydrogen) atoms. The van der Waals surface area contributed by atoms with Gasteiger partial charge in [-0.3, -0.25) is 0 Å². The van der Waals surface area contributed by atoms with E-state index in [1.54, 1.807) is 0 Å². The Kier molecular flexibility index (Phi) is 6.88. The normalized spacial score (nSPS) is 14.8. The summed E-state index contributed by atoms with van der Waals surface area (Å²) in [5.74, 6) is 3.36. The van der Waals surface area contributed by atoms with Crippen molar-refractivity contribution >= 4 is 11.8 Å². The van der Waals surface area contributed by atoms with Gasteiger partial charge in [-0.25, -0.2) is 0 Å². The molecule has 0 heterocycles. The minimum atomic E-state index is 0.375. The zero-order valence-electron chi connectivity index (χ0n) is 10.7. The second kappa shape index (κ2) is 6.73. The molecule has 0 aliphatic heterocycles. The second-order valence-corrected chi connectivity index (χ2v) is 6.61. The zero-order valence-corrected chi connectivity index (χ0v) is 11.5. The van der Waals surface area contributed by atoms with Gasteiger partial charge in [0.25, 0.3) is 0 Å². The Hall–Kier alpha value is 0.310. The zero-order chi connectivity index (χ0) is 11.2. The van der Waals surface area contributed by atoms with Crippen molar-refractivity contribution in [1.29, 1.82) is 0 Å². The van der Waals surface area contributed by atoms with Gasteiger partial charge in [-0.05, 0) is 30.6 Å². The van der Waals surface area contributed by atoms with Crippen LogP contribution in [0, 0.1) is 11.3 Å². The Labute approximate surface area is 94.4 Å². The van der Waals surface area contributed by atoms with E-state index in [4.69, 9.17) is 0 Å². The predicted molar refractivity (Wildman–Crippen MR) is 69.1 cm³/mol. The fourth-order valence-electron chi connectivity index (χ4n) is 1.29. The van der Waals surface area contributed by atoms with Gasteiger partial charge in [-0.1, -0.05) is 34.6 Å². The van der Waals surface area contributed by atoms with Crippen LogP contribution in [0.3, 0.4) is 0 Å². The van der Waals surface area contributed by atoms with E-state index in [0.717, 1.165) is 5.92 Å². The van der Waals surface area contributed by atoms with Gasteiger partial charge in [0, 0.05) is 11.8 Å². The first-order valence-electron chi connectivity index (χ1n) is 5.63. The van der Waals surface area contributed by atoms with E-state index < -0.39 is 0 Å². The summed E-state index contributed by atoms with van der Waals surface area (Å²) in [4.78, 5) is 0. The van der Waals surface area contributed by atoms with Crippen molar-refractivity contribution in [2.24, 2.45) is 11.3 Å². The summed E-state index contributed by atoms with van der Waals surface area (Å²) < 4.78 is 0. The third kappa shape index (κ3) is 6.72. The molecule has 0 saturated heterocycles. The fourth-order valence-corrected chi connectivity index (χ4v) is 2.99. The van der Waals surface area contributed by atoms with Crippen LogP contribution in [-0.4, -0.2) is 24.6 Å². The summed E-state index contributed by atoms with van der Waals surface area (Å²) in [5, 5.41) is 3.41. The number of hydrogen-bond donors (Lipinski definition) is 1. The molecule has 0 spiro atoms. The average Bonchev–Trinajstić information content (AvgIpc) is 2.01. The number of hydrogen-bond acceptors (Lipinski definition) is 2. The lowest BCUT2D eigenvalue weighted by atomic mass is 9.88. The topological polar surface area (TPSA) is 12.0 Å². The van der Waals surface area contributed by atoms with Crippen LogP contribution in [-0.2, 0) is 0 Å². The molecule has 0 rings (SSSR count). The lowest BCUT2D eigenvalue weighted by Crippen LogP contribution is -2.40. The monoisotopic (exact) mass is 217 g/mol. The van der Waals surface area contributed by atoms with E-state index in [-0.39, 0.29) is 0 Å². The molecule has 0 aromatic rings. The lowest BCUT2D eigenvalue weighted by molar-refractivity contribution is 0.305. The number of thioether (sulfide) groups is 1. The molecule has 0 amide bonds. The molecular formula is C12H27NS. The first kappa shape index (κ1) is 14.3. The van der Waals surface area contributed by atoms with E-state index in [9.17, 15) is 0 Å². The average molecular weight is 217 g/mol. The Morgan fingerprint density at radius 1 is 1.21 bits per heavy atom. The standard InChI is InChI=1S/C12H27NS/c1-10(2)7-8-14-9-11(13-6)12(3,4)5/h10-11,13H,7-9H2,1-6H3. The predicted octanol–water partition coefficient (Wildman–Crippen LogP) is 3.40. The summed E-state index contributed by atoms with van der Waals surface area (Å²) in [7, 11) is 2.07. The molecule has 2 heteroatoms. The Morgan fingerprint density at radius 2 is 1.79 bits per heavy atom. The van der Waals surface area contributed by atoms with Crippen LogP contribution in [0.5, 0.6) is 0 Å². The van der Waals surface area contributed by atoms with Crippen LogP contribution in [0.25, 0.3) is 0 Å². The van der Waals surface area contributed by atoms with Gasteiger partial charge in [0.05, 0.1) is 0 Å². The highest BCUT2D eigenvalue weighted by molar-refractivity contribution is 7.99. The first-order chi connectivity index (χ1) is 6.38. The van der Waals surface area contributed by atoms with Gasteiger partial charge >= 0.3 is 0 Å². The second-order valence-electron chi connectivity index (χ2n) is 5.46. The molecular weight excluding hydrogens is 190 g/mol. The van der Waals surface area contributed by atoms with Crippen molar-refractivity contribution in [2.75, 3.05) is 18.6 Å². The van der Waals surface area contributed by atoms with Gasteiger partial charge in [0.15, 0.2) is 0 Å². The number of nitrogens with one attached hydrogen (secondary N) is 1. The quantitative estimate of drug-likeness (QED) is 0.684. The van der Waals surface area contributed by atoms with Crippen molar-refractivity contribution in [3.05, 3.63) is 0 Å². The van der Waals surface area contributed by atoms with Gasteiger partial charge < -0.3 is 5.32 Å². The summed E-state index contributed by atoms with van der Waals surface area (Å²) in [6.07, 6.45) is 1.34. The summed E-state index contributed by atoms with van der Waals surface area (Å²) >= 11 is 2.08. The molecule has 0 aliphatic rings. The molecule has 1 unspecified atom stereocenters. The van der Waals surface area contributed by atoms with Crippen LogP contribution in [0.15, 0.2) is 0 Å². The molecule has 0 fully saturated rings. The highest BCUT2D eigenvalue weighted by Crippen LogP contribution is 2.22. The van der Waals surface area contributed by atoms with Crippen LogP contribution in [0.4, 0.5) is 0 Å². The van der Waals surface area contributed by atoms with Crippen molar-refractivity contribution in [3.8, 4) is 0 Å². The van der Waals surface area contributed by atoms with E-state index >= 15 is 0 Å². The highest BCUT2D eigenvalue weighted by Gasteiger charge is 2.22. The maximum Gasteiger partial charge on any atom is 0.0203 e. The summed E-state index contributed by atoms with van der Waals surface area (Å²) in [6.45, 7) is 11.5. The molecule has 1 atom stereocenters. The molecule has 86 valence electrons. The maximum atomic E-state index is 3.41. The third-order valence-corrected chi connectivity index (χ3v) is 3.61. The van der Waals surface area contributed by atoms with Crippen molar-refractivity contribution in [3.63, 3.8) is 0 Å². The van der Waals surface area contributed by atoms with Crippen LogP contribution in [0.1, 0.15) is 41.0 Å². The third-order valence-electron chi connectivity index (χ3n) is 2.52. The van der Waals surface area contributed by atoms with E-state index in [0.29, 0.717) is 11.5 Å². The Morgan fingerprint density at radius 3 is 2.14 bits per heavy atom. The van der Waals surface area contributed by atoms with Crippen molar-refractivity contribution < 1.29 is 0 Å². The van der Waals surface area contributed by atoms with Gasteiger partial charge in [-0.2, -0.15) is 11.8 Å². The van der Waals surface area contributed by atoms with Gasteiger partial charge in [-0.15, -0.1) is 0 Å². The van der Waals surface area contributed by atoms with E-state index in [2.05, 4.69) is 58.7 Å². The smallest absolute Gasteiger partial charge is 0.0203 e. The number of rotatable bonds is 6. The molecule has 0 aliphatic carbocycles. The highest BCUT2D eigenvalue weighted by atomic mass is 32.2. The minimum absolute atomic E-state index is 0.375. The maximum absolute atomic E-state index is 3.41. The summed E-state index contributed by atoms with van der Waals surface area (Å²) in [6, 6.07) is 0.625. The molecule has 0 radical (unpaired) electrons. The minimum Gasteiger partial charge on any atom is -0.316 e. The molecule has 1 N–H and O–H groups in total. The van der Waals surface area contributed by atoms with Crippen LogP contribution >= 0.6 is 11.8 Å². The van der Waals surface area contributed by atoms with Gasteiger partial charge in [0.1, 0.15) is 0 Å². The molecule has 1 nitrogen and oxygen atoms in total. The Balaban J connectivity index is 3.64.